The zero-order chi connectivity index (χ0) is 13.6. The summed E-state index contributed by atoms with van der Waals surface area (Å²) in [5.74, 6) is 1.18. The molecule has 0 fully saturated rings. The van der Waals surface area contributed by atoms with Crippen LogP contribution in [0.15, 0.2) is 0 Å². The number of hydrogen-bond acceptors (Lipinski definition) is 2. The Hall–Kier alpha value is 0.0200. The molecule has 0 aliphatic heterocycles. The Morgan fingerprint density at radius 3 is 2.06 bits per heavy atom. The van der Waals surface area contributed by atoms with E-state index in [0.29, 0.717) is 11.0 Å². The van der Waals surface area contributed by atoms with Crippen molar-refractivity contribution in [1.82, 2.24) is 0 Å². The number of thioether (sulfide) groups is 1. The zero-order valence-corrected chi connectivity index (χ0v) is 13.5. The van der Waals surface area contributed by atoms with Crippen LogP contribution in [-0.4, -0.2) is 16.8 Å². The summed E-state index contributed by atoms with van der Waals surface area (Å²) >= 11 is 1.81. The van der Waals surface area contributed by atoms with E-state index in [9.17, 15) is 4.79 Å². The van der Waals surface area contributed by atoms with Crippen molar-refractivity contribution in [3.05, 3.63) is 0 Å². The van der Waals surface area contributed by atoms with Gasteiger partial charge in [-0.3, -0.25) is 4.79 Å². The van der Waals surface area contributed by atoms with Crippen molar-refractivity contribution in [1.29, 1.82) is 0 Å². The topological polar surface area (TPSA) is 17.1 Å². The van der Waals surface area contributed by atoms with Crippen LogP contribution >= 0.6 is 11.8 Å². The number of Topliss-reactive ketones (excluding diaryl/α,β-unsaturated/α-hetero) is 1. The molecule has 2 heteroatoms. The first-order valence-corrected chi connectivity index (χ1v) is 8.88. The van der Waals surface area contributed by atoms with Gasteiger partial charge >= 0.3 is 0 Å². The van der Waals surface area contributed by atoms with Crippen molar-refractivity contribution in [3.63, 3.8) is 0 Å². The van der Waals surface area contributed by atoms with Gasteiger partial charge in [-0.1, -0.05) is 65.7 Å². The van der Waals surface area contributed by atoms with E-state index >= 15 is 0 Å². The largest absolute Gasteiger partial charge is 0.299 e. The summed E-state index contributed by atoms with van der Waals surface area (Å²) in [4.78, 5) is 11.6. The Labute approximate surface area is 118 Å². The molecule has 1 atom stereocenters. The van der Waals surface area contributed by atoms with Gasteiger partial charge in [0.25, 0.3) is 0 Å². The molecule has 0 aromatic heterocycles. The van der Waals surface area contributed by atoms with Crippen LogP contribution in [0.4, 0.5) is 0 Å². The molecule has 0 bridgehead atoms. The van der Waals surface area contributed by atoms with Gasteiger partial charge in [-0.05, 0) is 12.8 Å². The molecule has 0 saturated heterocycles. The zero-order valence-electron chi connectivity index (χ0n) is 12.7. The summed E-state index contributed by atoms with van der Waals surface area (Å²) < 4.78 is 0. The molecule has 0 spiro atoms. The smallest absolute Gasteiger partial charge is 0.142 e. The van der Waals surface area contributed by atoms with Gasteiger partial charge in [-0.2, -0.15) is 11.8 Å². The standard InChI is InChI=1S/C16H32OS/c1-4-6-7-8-9-10-11-12-13-16(17)14-18-15(3)5-2/h15H,4-14H2,1-3H3. The Bertz CT molecular complexity index is 192. The van der Waals surface area contributed by atoms with Gasteiger partial charge in [0, 0.05) is 11.7 Å². The average molecular weight is 272 g/mol. The van der Waals surface area contributed by atoms with E-state index in [1.165, 1.54) is 44.9 Å². The summed E-state index contributed by atoms with van der Waals surface area (Å²) in [5.41, 5.74) is 0. The van der Waals surface area contributed by atoms with Gasteiger partial charge < -0.3 is 0 Å². The highest BCUT2D eigenvalue weighted by atomic mass is 32.2. The van der Waals surface area contributed by atoms with E-state index in [0.717, 1.165) is 25.0 Å². The van der Waals surface area contributed by atoms with Crippen LogP contribution < -0.4 is 0 Å². The van der Waals surface area contributed by atoms with E-state index in [1.54, 1.807) is 0 Å². The molecule has 1 nitrogen and oxygen atoms in total. The lowest BCUT2D eigenvalue weighted by molar-refractivity contribution is -0.116. The normalized spacial score (nSPS) is 12.6. The molecule has 18 heavy (non-hydrogen) atoms. The van der Waals surface area contributed by atoms with E-state index in [4.69, 9.17) is 0 Å². The molecule has 0 aliphatic rings. The van der Waals surface area contributed by atoms with Crippen molar-refractivity contribution in [2.45, 2.75) is 90.2 Å². The van der Waals surface area contributed by atoms with Gasteiger partial charge in [-0.25, -0.2) is 0 Å². The van der Waals surface area contributed by atoms with E-state index in [2.05, 4.69) is 20.8 Å². The summed E-state index contributed by atoms with van der Waals surface area (Å²) in [6.45, 7) is 6.64. The second kappa shape index (κ2) is 13.5. The lowest BCUT2D eigenvalue weighted by Crippen LogP contribution is -2.05. The molecule has 0 heterocycles. The van der Waals surface area contributed by atoms with E-state index in [1.807, 2.05) is 11.8 Å². The minimum absolute atomic E-state index is 0.450. The second-order valence-electron chi connectivity index (χ2n) is 5.29. The van der Waals surface area contributed by atoms with Crippen molar-refractivity contribution >= 4 is 17.5 Å². The minimum atomic E-state index is 0.450. The van der Waals surface area contributed by atoms with Crippen molar-refractivity contribution in [3.8, 4) is 0 Å². The van der Waals surface area contributed by atoms with E-state index in [-0.39, 0.29) is 0 Å². The Morgan fingerprint density at radius 1 is 0.944 bits per heavy atom. The number of hydrogen-bond donors (Lipinski definition) is 0. The number of carbonyl (C=O) groups is 1. The molecule has 0 rings (SSSR count). The maximum Gasteiger partial charge on any atom is 0.142 e. The van der Waals surface area contributed by atoms with Crippen LogP contribution in [0, 0.1) is 0 Å². The molecule has 0 N–H and O–H groups in total. The maximum atomic E-state index is 11.6. The molecular formula is C16H32OS. The minimum Gasteiger partial charge on any atom is -0.299 e. The molecule has 1 unspecified atom stereocenters. The number of ketones is 1. The average Bonchev–Trinajstić information content (AvgIpc) is 2.39. The Morgan fingerprint density at radius 2 is 1.50 bits per heavy atom. The van der Waals surface area contributed by atoms with Crippen molar-refractivity contribution in [2.75, 3.05) is 5.75 Å². The predicted molar refractivity (Wildman–Crippen MR) is 84.4 cm³/mol. The number of rotatable bonds is 13. The van der Waals surface area contributed by atoms with Crippen LogP contribution in [0.25, 0.3) is 0 Å². The lowest BCUT2D eigenvalue weighted by atomic mass is 10.1. The van der Waals surface area contributed by atoms with Crippen molar-refractivity contribution in [2.24, 2.45) is 0 Å². The van der Waals surface area contributed by atoms with Gasteiger partial charge in [0.1, 0.15) is 5.78 Å². The van der Waals surface area contributed by atoms with Gasteiger partial charge in [0.15, 0.2) is 0 Å². The SMILES string of the molecule is CCCCCCCCCCC(=O)CSC(C)CC. The molecule has 0 aromatic rings. The highest BCUT2D eigenvalue weighted by Gasteiger charge is 2.05. The third kappa shape index (κ3) is 12.5. The first-order valence-electron chi connectivity index (χ1n) is 7.84. The van der Waals surface area contributed by atoms with Crippen LogP contribution in [-0.2, 0) is 4.79 Å². The third-order valence-corrected chi connectivity index (χ3v) is 4.80. The molecule has 0 radical (unpaired) electrons. The van der Waals surface area contributed by atoms with Crippen LogP contribution in [0.2, 0.25) is 0 Å². The number of unbranched alkanes of at least 4 members (excludes halogenated alkanes) is 7. The summed E-state index contributed by atoms with van der Waals surface area (Å²) in [6, 6.07) is 0. The van der Waals surface area contributed by atoms with Crippen molar-refractivity contribution < 1.29 is 4.79 Å². The fourth-order valence-corrected chi connectivity index (χ4v) is 2.73. The first-order chi connectivity index (χ1) is 8.70. The first kappa shape index (κ1) is 18.0. The van der Waals surface area contributed by atoms with Gasteiger partial charge in [-0.15, -0.1) is 0 Å². The maximum absolute atomic E-state index is 11.6. The van der Waals surface area contributed by atoms with Gasteiger partial charge in [0.2, 0.25) is 0 Å². The third-order valence-electron chi connectivity index (χ3n) is 3.41. The number of carbonyl (C=O) groups excluding carboxylic acids is 1. The fraction of sp³-hybridized carbons (Fsp3) is 0.938. The molecule has 0 aliphatic carbocycles. The Kier molecular flexibility index (Phi) is 13.5. The van der Waals surface area contributed by atoms with Crippen LogP contribution in [0.3, 0.4) is 0 Å². The molecule has 108 valence electrons. The monoisotopic (exact) mass is 272 g/mol. The van der Waals surface area contributed by atoms with E-state index < -0.39 is 0 Å². The summed E-state index contributed by atoms with van der Waals surface area (Å²) in [7, 11) is 0. The summed E-state index contributed by atoms with van der Waals surface area (Å²) in [6.07, 6.45) is 12.5. The second-order valence-corrected chi connectivity index (χ2v) is 6.72. The molecule has 0 amide bonds. The van der Waals surface area contributed by atoms with Crippen LogP contribution in [0.5, 0.6) is 0 Å². The quantitative estimate of drug-likeness (QED) is 0.405. The fourth-order valence-electron chi connectivity index (χ4n) is 1.88. The highest BCUT2D eigenvalue weighted by Crippen LogP contribution is 2.15. The molecular weight excluding hydrogens is 240 g/mol. The van der Waals surface area contributed by atoms with Gasteiger partial charge in [0.05, 0.1) is 5.75 Å². The predicted octanol–water partition coefficient (Wildman–Crippen LogP) is 5.62. The molecule has 0 aromatic carbocycles. The highest BCUT2D eigenvalue weighted by molar-refractivity contribution is 8.00. The summed E-state index contributed by atoms with van der Waals surface area (Å²) in [5, 5.41) is 0.632. The van der Waals surface area contributed by atoms with Crippen LogP contribution in [0.1, 0.15) is 85.0 Å². The Balaban J connectivity index is 3.20. The molecule has 0 saturated carbocycles. The lowest BCUT2D eigenvalue weighted by Gasteiger charge is -2.07.